The molecule has 1 atom stereocenters. The predicted molar refractivity (Wildman–Crippen MR) is 78.0 cm³/mol. The number of carbonyl (C=O) groups excluding carboxylic acids is 1. The van der Waals surface area contributed by atoms with Crippen molar-refractivity contribution in [2.75, 3.05) is 16.8 Å². The van der Waals surface area contributed by atoms with E-state index in [0.29, 0.717) is 5.13 Å². The number of aromatic nitrogens is 2. The van der Waals surface area contributed by atoms with E-state index in [0.717, 1.165) is 29.4 Å². The number of hydrogen-bond donors (Lipinski definition) is 1. The minimum absolute atomic E-state index is 0.0158. The van der Waals surface area contributed by atoms with Crippen molar-refractivity contribution >= 4 is 38.8 Å². The summed E-state index contributed by atoms with van der Waals surface area (Å²) in [7, 11) is 0. The number of rotatable bonds is 3. The van der Waals surface area contributed by atoms with Gasteiger partial charge in [-0.2, -0.15) is 0 Å². The molecule has 19 heavy (non-hydrogen) atoms. The maximum atomic E-state index is 12.3. The summed E-state index contributed by atoms with van der Waals surface area (Å²) >= 11 is 3.07. The molecule has 0 saturated carbocycles. The second-order valence-electron chi connectivity index (χ2n) is 4.43. The number of nitrogens with zero attached hydrogens (tertiary/aromatic N) is 3. The molecule has 1 aliphatic heterocycles. The zero-order valence-corrected chi connectivity index (χ0v) is 12.1. The first-order valence-electron chi connectivity index (χ1n) is 6.13. The van der Waals surface area contributed by atoms with Crippen molar-refractivity contribution in [3.05, 3.63) is 22.7 Å². The van der Waals surface area contributed by atoms with E-state index in [2.05, 4.69) is 20.2 Å². The van der Waals surface area contributed by atoms with Gasteiger partial charge in [0.1, 0.15) is 6.04 Å². The van der Waals surface area contributed by atoms with Crippen LogP contribution in [0.4, 0.5) is 10.3 Å². The Balaban J connectivity index is 1.72. The second kappa shape index (κ2) is 5.26. The fourth-order valence-electron chi connectivity index (χ4n) is 2.23. The van der Waals surface area contributed by atoms with Gasteiger partial charge in [-0.05, 0) is 19.8 Å². The van der Waals surface area contributed by atoms with Gasteiger partial charge in [-0.3, -0.25) is 4.79 Å². The number of carbonyl (C=O) groups is 1. The molecule has 1 fully saturated rings. The van der Waals surface area contributed by atoms with Crippen molar-refractivity contribution in [3.63, 3.8) is 0 Å². The normalized spacial score (nSPS) is 18.8. The second-order valence-corrected chi connectivity index (χ2v) is 6.54. The molecule has 2 aromatic rings. The van der Waals surface area contributed by atoms with E-state index in [1.54, 1.807) is 23.7 Å². The Bertz CT molecular complexity index is 566. The topological polar surface area (TPSA) is 58.1 Å². The van der Waals surface area contributed by atoms with Crippen LogP contribution in [0.15, 0.2) is 17.8 Å². The lowest BCUT2D eigenvalue weighted by Gasteiger charge is -2.22. The number of thiazole rings is 2. The van der Waals surface area contributed by atoms with Gasteiger partial charge in [0.25, 0.3) is 0 Å². The molecule has 7 heteroatoms. The molecular formula is C12H14N4OS2. The summed E-state index contributed by atoms with van der Waals surface area (Å²) in [5.74, 6) is 0.0158. The Labute approximate surface area is 119 Å². The zero-order valence-electron chi connectivity index (χ0n) is 10.5. The Kier molecular flexibility index (Phi) is 3.48. The fraction of sp³-hybridized carbons (Fsp3) is 0.417. The molecule has 0 aromatic carbocycles. The Morgan fingerprint density at radius 3 is 3.11 bits per heavy atom. The van der Waals surface area contributed by atoms with Crippen LogP contribution in [0.2, 0.25) is 0 Å². The SMILES string of the molecule is Cc1cnc(NC(=O)C2CCCN2c2nccs2)s1. The summed E-state index contributed by atoms with van der Waals surface area (Å²) in [5, 5.41) is 6.44. The summed E-state index contributed by atoms with van der Waals surface area (Å²) < 4.78 is 0. The standard InChI is InChI=1S/C12H14N4OS2/c1-8-7-14-11(19-8)15-10(17)9-3-2-5-16(9)12-13-4-6-18-12/h4,6-7,9H,2-3,5H2,1H3,(H,14,15,17). The molecule has 2 aromatic heterocycles. The van der Waals surface area contributed by atoms with Crippen molar-refractivity contribution in [1.82, 2.24) is 9.97 Å². The van der Waals surface area contributed by atoms with E-state index in [4.69, 9.17) is 0 Å². The third-order valence-electron chi connectivity index (χ3n) is 3.07. The van der Waals surface area contributed by atoms with Gasteiger partial charge in [-0.15, -0.1) is 22.7 Å². The Hall–Kier alpha value is -1.47. The van der Waals surface area contributed by atoms with Gasteiger partial charge in [0.15, 0.2) is 10.3 Å². The van der Waals surface area contributed by atoms with Crippen LogP contribution in [-0.2, 0) is 4.79 Å². The number of amides is 1. The highest BCUT2D eigenvalue weighted by Crippen LogP contribution is 2.28. The van der Waals surface area contributed by atoms with Crippen LogP contribution in [-0.4, -0.2) is 28.5 Å². The van der Waals surface area contributed by atoms with Gasteiger partial charge in [0.2, 0.25) is 5.91 Å². The zero-order chi connectivity index (χ0) is 13.2. The third kappa shape index (κ3) is 2.62. The highest BCUT2D eigenvalue weighted by atomic mass is 32.1. The molecular weight excluding hydrogens is 280 g/mol. The molecule has 1 N–H and O–H groups in total. The quantitative estimate of drug-likeness (QED) is 0.945. The van der Waals surface area contributed by atoms with Crippen molar-refractivity contribution in [2.45, 2.75) is 25.8 Å². The molecule has 3 heterocycles. The van der Waals surface area contributed by atoms with E-state index >= 15 is 0 Å². The molecule has 1 unspecified atom stereocenters. The fourth-order valence-corrected chi connectivity index (χ4v) is 3.61. The van der Waals surface area contributed by atoms with Gasteiger partial charge >= 0.3 is 0 Å². The van der Waals surface area contributed by atoms with E-state index in [9.17, 15) is 4.79 Å². The highest BCUT2D eigenvalue weighted by Gasteiger charge is 2.32. The predicted octanol–water partition coefficient (Wildman–Crippen LogP) is 2.52. The number of anilines is 2. The molecule has 0 bridgehead atoms. The molecule has 0 aliphatic carbocycles. The highest BCUT2D eigenvalue weighted by molar-refractivity contribution is 7.15. The maximum absolute atomic E-state index is 12.3. The first-order valence-corrected chi connectivity index (χ1v) is 7.83. The molecule has 1 amide bonds. The van der Waals surface area contributed by atoms with E-state index in [1.165, 1.54) is 11.3 Å². The monoisotopic (exact) mass is 294 g/mol. The average Bonchev–Trinajstić information content (AvgIpc) is 3.07. The summed E-state index contributed by atoms with van der Waals surface area (Å²) in [4.78, 5) is 24.0. The Morgan fingerprint density at radius 1 is 1.53 bits per heavy atom. The van der Waals surface area contributed by atoms with Crippen LogP contribution in [0.1, 0.15) is 17.7 Å². The molecule has 1 aliphatic rings. The summed E-state index contributed by atoms with van der Waals surface area (Å²) in [6, 6.07) is -0.129. The van der Waals surface area contributed by atoms with Gasteiger partial charge in [0, 0.05) is 29.2 Å². The lowest BCUT2D eigenvalue weighted by atomic mass is 10.2. The van der Waals surface area contributed by atoms with Crippen molar-refractivity contribution in [1.29, 1.82) is 0 Å². The van der Waals surface area contributed by atoms with Crippen molar-refractivity contribution in [3.8, 4) is 0 Å². The van der Waals surface area contributed by atoms with Crippen LogP contribution >= 0.6 is 22.7 Å². The summed E-state index contributed by atoms with van der Waals surface area (Å²) in [5.41, 5.74) is 0. The summed E-state index contributed by atoms with van der Waals surface area (Å²) in [6.45, 7) is 2.87. The summed E-state index contributed by atoms with van der Waals surface area (Å²) in [6.07, 6.45) is 5.44. The minimum atomic E-state index is -0.129. The molecule has 0 radical (unpaired) electrons. The van der Waals surface area contributed by atoms with Gasteiger partial charge in [-0.1, -0.05) is 0 Å². The van der Waals surface area contributed by atoms with E-state index < -0.39 is 0 Å². The lowest BCUT2D eigenvalue weighted by Crippen LogP contribution is -2.39. The molecule has 100 valence electrons. The third-order valence-corrected chi connectivity index (χ3v) is 4.71. The van der Waals surface area contributed by atoms with Gasteiger partial charge in [0.05, 0.1) is 0 Å². The number of hydrogen-bond acceptors (Lipinski definition) is 6. The van der Waals surface area contributed by atoms with Crippen LogP contribution in [0.25, 0.3) is 0 Å². The van der Waals surface area contributed by atoms with Crippen LogP contribution < -0.4 is 10.2 Å². The number of aryl methyl sites for hydroxylation is 1. The minimum Gasteiger partial charge on any atom is -0.336 e. The van der Waals surface area contributed by atoms with Crippen LogP contribution in [0, 0.1) is 6.92 Å². The Morgan fingerprint density at radius 2 is 2.42 bits per heavy atom. The first-order chi connectivity index (χ1) is 9.24. The molecule has 0 spiro atoms. The van der Waals surface area contributed by atoms with Gasteiger partial charge in [-0.25, -0.2) is 9.97 Å². The number of nitrogens with one attached hydrogen (secondary N) is 1. The van der Waals surface area contributed by atoms with Crippen LogP contribution in [0.5, 0.6) is 0 Å². The van der Waals surface area contributed by atoms with Crippen LogP contribution in [0.3, 0.4) is 0 Å². The van der Waals surface area contributed by atoms with E-state index in [-0.39, 0.29) is 11.9 Å². The van der Waals surface area contributed by atoms with Crippen molar-refractivity contribution in [2.24, 2.45) is 0 Å². The largest absolute Gasteiger partial charge is 0.336 e. The van der Waals surface area contributed by atoms with E-state index in [1.807, 2.05) is 12.3 Å². The van der Waals surface area contributed by atoms with Crippen molar-refractivity contribution < 1.29 is 4.79 Å². The maximum Gasteiger partial charge on any atom is 0.248 e. The molecule has 5 nitrogen and oxygen atoms in total. The lowest BCUT2D eigenvalue weighted by molar-refractivity contribution is -0.117. The van der Waals surface area contributed by atoms with Gasteiger partial charge < -0.3 is 10.2 Å². The smallest absolute Gasteiger partial charge is 0.248 e. The first kappa shape index (κ1) is 12.6. The molecule has 1 saturated heterocycles. The molecule has 3 rings (SSSR count). The average molecular weight is 294 g/mol.